The monoisotopic (exact) mass is 493 g/mol. The molecule has 0 N–H and O–H groups in total. The molecule has 1 aliphatic rings. The molecule has 1 aliphatic heterocycles. The molecule has 33 heavy (non-hydrogen) atoms. The van der Waals surface area contributed by atoms with Crippen molar-refractivity contribution in [3.05, 3.63) is 65.2 Å². The Kier molecular flexibility index (Phi) is 7.91. The van der Waals surface area contributed by atoms with E-state index in [9.17, 15) is 30.6 Å². The normalized spacial score (nSPS) is 18.3. The zero-order valence-electron chi connectivity index (χ0n) is 18.0. The average molecular weight is 494 g/mol. The summed E-state index contributed by atoms with van der Waals surface area (Å²) < 4.78 is 96.8. The predicted molar refractivity (Wildman–Crippen MR) is 113 cm³/mol. The number of alkyl halides is 6. The Hall–Kier alpha value is -1.91. The highest BCUT2D eigenvalue weighted by Gasteiger charge is 2.38. The molecule has 3 nitrogen and oxygen atoms in total. The van der Waals surface area contributed by atoms with Gasteiger partial charge in [-0.1, -0.05) is 18.2 Å². The molecule has 0 aromatic heterocycles. The van der Waals surface area contributed by atoms with E-state index in [1.165, 1.54) is 0 Å². The molecular formula is C23H25F6NO2S. The van der Waals surface area contributed by atoms with Crippen molar-refractivity contribution in [3.8, 4) is 0 Å². The first-order chi connectivity index (χ1) is 15.4. The van der Waals surface area contributed by atoms with Crippen molar-refractivity contribution in [1.29, 1.82) is 0 Å². The largest absolute Gasteiger partial charge is 0.416 e. The van der Waals surface area contributed by atoms with Gasteiger partial charge in [0.05, 0.1) is 33.3 Å². The quantitative estimate of drug-likeness (QED) is 0.474. The van der Waals surface area contributed by atoms with Gasteiger partial charge in [-0.25, -0.2) is 0 Å². The molecule has 0 saturated carbocycles. The van der Waals surface area contributed by atoms with Crippen LogP contribution in [-0.2, 0) is 34.3 Å². The summed E-state index contributed by atoms with van der Waals surface area (Å²) >= 11 is 0. The second-order valence-electron chi connectivity index (χ2n) is 8.20. The number of hydrogen-bond donors (Lipinski definition) is 0. The summed E-state index contributed by atoms with van der Waals surface area (Å²) in [5, 5.41) is 0. The van der Waals surface area contributed by atoms with Crippen LogP contribution in [-0.4, -0.2) is 47.2 Å². The lowest BCUT2D eigenvalue weighted by atomic mass is 9.92. The molecule has 0 amide bonds. The van der Waals surface area contributed by atoms with Crippen molar-refractivity contribution in [2.24, 2.45) is 0 Å². The topological polar surface area (TPSA) is 29.5 Å². The van der Waals surface area contributed by atoms with E-state index >= 15 is 0 Å². The Morgan fingerprint density at radius 2 is 1.48 bits per heavy atom. The third-order valence-electron chi connectivity index (χ3n) is 5.96. The minimum atomic E-state index is -4.85. The molecule has 2 aromatic rings. The van der Waals surface area contributed by atoms with E-state index in [1.807, 2.05) is 23.1 Å². The minimum absolute atomic E-state index is 0.00842. The highest BCUT2D eigenvalue weighted by molar-refractivity contribution is 7.85. The highest BCUT2D eigenvalue weighted by atomic mass is 32.2. The molecule has 1 atom stereocenters. The van der Waals surface area contributed by atoms with Gasteiger partial charge >= 0.3 is 12.4 Å². The molecule has 3 rings (SSSR count). The summed E-state index contributed by atoms with van der Waals surface area (Å²) in [5.41, 5.74) is -3.19. The molecule has 10 heteroatoms. The number of rotatable bonds is 7. The summed E-state index contributed by atoms with van der Waals surface area (Å²) in [7, 11) is 0.325. The lowest BCUT2D eigenvalue weighted by Crippen LogP contribution is -2.49. The SMILES string of the molecule is COC1(CS(=O)c2ccccc2)CCN(CCc2cc(C(F)(F)F)cc(C(F)(F)F)c2)CC1. The van der Waals surface area contributed by atoms with E-state index in [-0.39, 0.29) is 18.1 Å². The van der Waals surface area contributed by atoms with Gasteiger partial charge in [0.2, 0.25) is 0 Å². The van der Waals surface area contributed by atoms with Crippen molar-refractivity contribution < 1.29 is 35.3 Å². The van der Waals surface area contributed by atoms with Crippen LogP contribution in [0.3, 0.4) is 0 Å². The number of halogens is 6. The van der Waals surface area contributed by atoms with Gasteiger partial charge in [-0.05, 0) is 55.2 Å². The van der Waals surface area contributed by atoms with E-state index in [1.54, 1.807) is 19.2 Å². The van der Waals surface area contributed by atoms with Gasteiger partial charge in [-0.3, -0.25) is 4.21 Å². The fourth-order valence-corrected chi connectivity index (χ4v) is 5.45. The lowest BCUT2D eigenvalue weighted by molar-refractivity contribution is -0.143. The van der Waals surface area contributed by atoms with Crippen LogP contribution < -0.4 is 0 Å². The van der Waals surface area contributed by atoms with Gasteiger partial charge in [0.1, 0.15) is 0 Å². The highest BCUT2D eigenvalue weighted by Crippen LogP contribution is 2.36. The third-order valence-corrected chi connectivity index (χ3v) is 7.55. The van der Waals surface area contributed by atoms with Crippen LogP contribution in [0, 0.1) is 0 Å². The lowest BCUT2D eigenvalue weighted by Gasteiger charge is -2.40. The van der Waals surface area contributed by atoms with E-state index in [0.717, 1.165) is 12.1 Å². The van der Waals surface area contributed by atoms with Crippen molar-refractivity contribution >= 4 is 10.8 Å². The van der Waals surface area contributed by atoms with Crippen molar-refractivity contribution in [3.63, 3.8) is 0 Å². The zero-order valence-corrected chi connectivity index (χ0v) is 18.8. The Morgan fingerprint density at radius 3 is 1.97 bits per heavy atom. The van der Waals surface area contributed by atoms with E-state index in [0.29, 0.717) is 43.1 Å². The van der Waals surface area contributed by atoms with Gasteiger partial charge < -0.3 is 9.64 Å². The summed E-state index contributed by atoms with van der Waals surface area (Å²) in [4.78, 5) is 2.69. The molecule has 0 radical (unpaired) electrons. The fourth-order valence-electron chi connectivity index (χ4n) is 3.94. The number of hydrogen-bond acceptors (Lipinski definition) is 3. The van der Waals surface area contributed by atoms with Crippen LogP contribution in [0.4, 0.5) is 26.3 Å². The summed E-state index contributed by atoms with van der Waals surface area (Å²) in [6.07, 6.45) is -8.51. The Bertz CT molecular complexity index is 921. The maximum Gasteiger partial charge on any atom is 0.416 e. The predicted octanol–water partition coefficient (Wildman–Crippen LogP) is 5.56. The minimum Gasteiger partial charge on any atom is -0.377 e. The average Bonchev–Trinajstić information content (AvgIpc) is 2.78. The number of methoxy groups -OCH3 is 1. The summed E-state index contributed by atoms with van der Waals surface area (Å²) in [5.74, 6) is 0.323. The van der Waals surface area contributed by atoms with Crippen molar-refractivity contribution in [2.45, 2.75) is 42.1 Å². The molecule has 0 aliphatic carbocycles. The number of nitrogens with zero attached hydrogens (tertiary/aromatic N) is 1. The number of benzene rings is 2. The van der Waals surface area contributed by atoms with Gasteiger partial charge in [0.25, 0.3) is 0 Å². The molecule has 0 bridgehead atoms. The second-order valence-corrected chi connectivity index (χ2v) is 9.65. The van der Waals surface area contributed by atoms with Gasteiger partial charge in [0, 0.05) is 31.6 Å². The third kappa shape index (κ3) is 6.80. The van der Waals surface area contributed by atoms with E-state index < -0.39 is 39.9 Å². The van der Waals surface area contributed by atoms with E-state index in [2.05, 4.69) is 0 Å². The van der Waals surface area contributed by atoms with Gasteiger partial charge in [0.15, 0.2) is 0 Å². The zero-order chi connectivity index (χ0) is 24.3. The fraction of sp³-hybridized carbons (Fsp3) is 0.478. The summed E-state index contributed by atoms with van der Waals surface area (Å²) in [6.45, 7) is 1.41. The maximum absolute atomic E-state index is 13.1. The van der Waals surface area contributed by atoms with Crippen LogP contribution >= 0.6 is 0 Å². The smallest absolute Gasteiger partial charge is 0.377 e. The van der Waals surface area contributed by atoms with Crippen LogP contribution in [0.15, 0.2) is 53.4 Å². The van der Waals surface area contributed by atoms with Crippen molar-refractivity contribution in [1.82, 2.24) is 4.90 Å². The second kappa shape index (κ2) is 10.1. The number of piperidine rings is 1. The summed E-state index contributed by atoms with van der Waals surface area (Å²) in [6, 6.07) is 10.7. The van der Waals surface area contributed by atoms with Crippen LogP contribution in [0.5, 0.6) is 0 Å². The van der Waals surface area contributed by atoms with Crippen molar-refractivity contribution in [2.75, 3.05) is 32.5 Å². The maximum atomic E-state index is 13.1. The first-order valence-corrected chi connectivity index (χ1v) is 11.7. The number of likely N-dealkylation sites (tertiary alicyclic amines) is 1. The van der Waals surface area contributed by atoms with Crippen LogP contribution in [0.2, 0.25) is 0 Å². The standard InChI is InChI=1S/C23H25F6NO2S/c1-32-21(16-33(31)20-5-3-2-4-6-20)8-11-30(12-9-21)10-7-17-13-18(22(24,25)26)15-19(14-17)23(27,28)29/h2-6,13-15H,7-12,16H2,1H3. The molecule has 1 saturated heterocycles. The van der Waals surface area contributed by atoms with Gasteiger partial charge in [-0.15, -0.1) is 0 Å². The molecule has 2 aromatic carbocycles. The Morgan fingerprint density at radius 1 is 0.939 bits per heavy atom. The van der Waals surface area contributed by atoms with Crippen LogP contribution in [0.25, 0.3) is 0 Å². The molecule has 1 fully saturated rings. The molecule has 1 heterocycles. The number of ether oxygens (including phenoxy) is 1. The molecule has 182 valence electrons. The first-order valence-electron chi connectivity index (χ1n) is 10.4. The molecule has 0 spiro atoms. The molecule has 1 unspecified atom stereocenters. The molecular weight excluding hydrogens is 468 g/mol. The Balaban J connectivity index is 1.62. The first kappa shape index (κ1) is 25.7. The van der Waals surface area contributed by atoms with Crippen LogP contribution in [0.1, 0.15) is 29.5 Å². The van der Waals surface area contributed by atoms with E-state index in [4.69, 9.17) is 4.74 Å². The van der Waals surface area contributed by atoms with Gasteiger partial charge in [-0.2, -0.15) is 26.3 Å². The Labute approximate surface area is 191 Å².